The third-order valence-electron chi connectivity index (χ3n) is 4.54. The van der Waals surface area contributed by atoms with Gasteiger partial charge < -0.3 is 14.4 Å². The molecule has 0 radical (unpaired) electrons. The number of hydrogen-bond donors (Lipinski definition) is 1. The van der Waals surface area contributed by atoms with Gasteiger partial charge in [-0.2, -0.15) is 0 Å². The van der Waals surface area contributed by atoms with Gasteiger partial charge in [-0.05, 0) is 31.1 Å². The van der Waals surface area contributed by atoms with Crippen LogP contribution in [0.4, 0.5) is 4.79 Å². The molecule has 1 heterocycles. The van der Waals surface area contributed by atoms with Crippen LogP contribution in [0.5, 0.6) is 0 Å². The molecule has 0 aromatic carbocycles. The lowest BCUT2D eigenvalue weighted by atomic mass is 10.2. The first-order valence-corrected chi connectivity index (χ1v) is 10.4. The van der Waals surface area contributed by atoms with E-state index in [1.54, 1.807) is 0 Å². The smallest absolute Gasteiger partial charge is 0.407 e. The fourth-order valence-electron chi connectivity index (χ4n) is 2.03. The Morgan fingerprint density at radius 2 is 1.85 bits per heavy atom. The zero-order chi connectivity index (χ0) is 15.4. The molecule has 1 rings (SSSR count). The number of carbonyl (C=O) groups is 1. The summed E-state index contributed by atoms with van der Waals surface area (Å²) in [5.74, 6) is 0. The number of amides is 1. The quantitative estimate of drug-likeness (QED) is 0.811. The minimum atomic E-state index is -1.66. The molecule has 0 bridgehead atoms. The number of hydrogen-bond acceptors (Lipinski definition) is 3. The molecule has 1 N–H and O–H groups in total. The van der Waals surface area contributed by atoms with Crippen LogP contribution in [0.25, 0.3) is 0 Å². The Bertz CT molecular complexity index is 329. The predicted octanol–water partition coefficient (Wildman–Crippen LogP) is 2.69. The molecule has 0 aromatic rings. The maximum absolute atomic E-state index is 11.0. The Hall–Kier alpha value is -0.593. The molecule has 0 aromatic heterocycles. The van der Waals surface area contributed by atoms with Gasteiger partial charge in [-0.25, -0.2) is 4.79 Å². The zero-order valence-electron chi connectivity index (χ0n) is 13.6. The lowest BCUT2D eigenvalue weighted by molar-refractivity contribution is 0.145. The molecule has 1 amide bonds. The van der Waals surface area contributed by atoms with E-state index in [1.807, 2.05) is 0 Å². The van der Waals surface area contributed by atoms with Crippen molar-refractivity contribution in [3.8, 4) is 0 Å². The first-order valence-electron chi connectivity index (χ1n) is 7.48. The maximum Gasteiger partial charge on any atom is 0.407 e. The largest absolute Gasteiger partial charge is 0.465 e. The number of nitrogens with zero attached hydrogens (tertiary/aromatic N) is 2. The van der Waals surface area contributed by atoms with E-state index in [4.69, 9.17) is 9.53 Å². The molecule has 1 saturated heterocycles. The van der Waals surface area contributed by atoms with E-state index in [1.165, 1.54) is 4.90 Å². The molecule has 1 aliphatic rings. The van der Waals surface area contributed by atoms with Crippen molar-refractivity contribution in [3.05, 3.63) is 0 Å². The first-order chi connectivity index (χ1) is 9.13. The first kappa shape index (κ1) is 17.5. The molecule has 5 nitrogen and oxygen atoms in total. The number of carboxylic acid groups (broad SMARTS) is 1. The summed E-state index contributed by atoms with van der Waals surface area (Å²) >= 11 is 0. The van der Waals surface area contributed by atoms with E-state index < -0.39 is 14.4 Å². The van der Waals surface area contributed by atoms with E-state index in [2.05, 4.69) is 38.8 Å². The molecular weight excluding hydrogens is 272 g/mol. The standard InChI is InChI=1S/C14H30N2O3Si/c1-14(2,3)20(4,5)19-12-11-15-7-6-8-16(10-9-15)13(17)18/h6-12H2,1-5H3,(H,17,18). The van der Waals surface area contributed by atoms with Crippen LogP contribution in [0.2, 0.25) is 18.1 Å². The summed E-state index contributed by atoms with van der Waals surface area (Å²) in [6.07, 6.45) is 0.108. The zero-order valence-corrected chi connectivity index (χ0v) is 14.6. The summed E-state index contributed by atoms with van der Waals surface area (Å²) in [6.45, 7) is 16.0. The van der Waals surface area contributed by atoms with Gasteiger partial charge in [0.25, 0.3) is 0 Å². The van der Waals surface area contributed by atoms with Crippen LogP contribution >= 0.6 is 0 Å². The van der Waals surface area contributed by atoms with E-state index in [9.17, 15) is 4.79 Å². The van der Waals surface area contributed by atoms with Crippen molar-refractivity contribution in [3.63, 3.8) is 0 Å². The van der Waals surface area contributed by atoms with Crippen LogP contribution in [-0.2, 0) is 4.43 Å². The second kappa shape index (κ2) is 6.91. The summed E-state index contributed by atoms with van der Waals surface area (Å²) in [6, 6.07) is 0. The molecule has 0 atom stereocenters. The normalized spacial score (nSPS) is 18.9. The maximum atomic E-state index is 11.0. The highest BCUT2D eigenvalue weighted by Gasteiger charge is 2.37. The second-order valence-corrected chi connectivity index (χ2v) is 11.9. The highest BCUT2D eigenvalue weighted by molar-refractivity contribution is 6.74. The summed E-state index contributed by atoms with van der Waals surface area (Å²) < 4.78 is 6.18. The van der Waals surface area contributed by atoms with Gasteiger partial charge in [-0.15, -0.1) is 0 Å². The summed E-state index contributed by atoms with van der Waals surface area (Å²) in [4.78, 5) is 14.8. The molecule has 0 saturated carbocycles. The molecule has 0 unspecified atom stereocenters. The molecule has 20 heavy (non-hydrogen) atoms. The van der Waals surface area contributed by atoms with Crippen LogP contribution in [-0.4, -0.2) is 68.6 Å². The Labute approximate surface area is 124 Å². The lowest BCUT2D eigenvalue weighted by Gasteiger charge is -2.36. The third-order valence-corrected chi connectivity index (χ3v) is 9.07. The van der Waals surface area contributed by atoms with Crippen molar-refractivity contribution >= 4 is 14.4 Å². The molecule has 6 heteroatoms. The average molecular weight is 302 g/mol. The Balaban J connectivity index is 2.34. The minimum absolute atomic E-state index is 0.242. The molecule has 1 aliphatic heterocycles. The van der Waals surface area contributed by atoms with Gasteiger partial charge in [0.15, 0.2) is 8.32 Å². The highest BCUT2D eigenvalue weighted by atomic mass is 28.4. The van der Waals surface area contributed by atoms with Crippen molar-refractivity contribution in [1.29, 1.82) is 0 Å². The topological polar surface area (TPSA) is 53.0 Å². The Kier molecular flexibility index (Phi) is 6.03. The second-order valence-electron chi connectivity index (χ2n) is 7.07. The number of rotatable bonds is 4. The van der Waals surface area contributed by atoms with Gasteiger partial charge >= 0.3 is 6.09 Å². The minimum Gasteiger partial charge on any atom is -0.465 e. The van der Waals surface area contributed by atoms with E-state index in [0.717, 1.165) is 32.7 Å². The molecule has 0 aliphatic carbocycles. The van der Waals surface area contributed by atoms with Crippen LogP contribution < -0.4 is 0 Å². The van der Waals surface area contributed by atoms with E-state index in [0.29, 0.717) is 13.1 Å². The highest BCUT2D eigenvalue weighted by Crippen LogP contribution is 2.36. The van der Waals surface area contributed by atoms with Gasteiger partial charge in [-0.3, -0.25) is 4.90 Å². The van der Waals surface area contributed by atoms with Gasteiger partial charge in [-0.1, -0.05) is 20.8 Å². The fraction of sp³-hybridized carbons (Fsp3) is 0.929. The van der Waals surface area contributed by atoms with Crippen LogP contribution in [0.3, 0.4) is 0 Å². The van der Waals surface area contributed by atoms with Crippen molar-refractivity contribution < 1.29 is 14.3 Å². The van der Waals surface area contributed by atoms with Gasteiger partial charge in [0, 0.05) is 32.8 Å². The third kappa shape index (κ3) is 5.07. The van der Waals surface area contributed by atoms with Crippen LogP contribution in [0, 0.1) is 0 Å². The summed E-state index contributed by atoms with van der Waals surface area (Å²) in [7, 11) is -1.66. The average Bonchev–Trinajstić information content (AvgIpc) is 2.53. The summed E-state index contributed by atoms with van der Waals surface area (Å²) in [5.41, 5.74) is 0. The van der Waals surface area contributed by atoms with Crippen molar-refractivity contribution in [2.45, 2.75) is 45.3 Å². The Morgan fingerprint density at radius 3 is 2.40 bits per heavy atom. The van der Waals surface area contributed by atoms with Crippen molar-refractivity contribution in [2.24, 2.45) is 0 Å². The molecular formula is C14H30N2O3Si. The van der Waals surface area contributed by atoms with Crippen LogP contribution in [0.15, 0.2) is 0 Å². The van der Waals surface area contributed by atoms with Gasteiger partial charge in [0.1, 0.15) is 0 Å². The van der Waals surface area contributed by atoms with E-state index in [-0.39, 0.29) is 5.04 Å². The molecule has 1 fully saturated rings. The Morgan fingerprint density at radius 1 is 1.20 bits per heavy atom. The predicted molar refractivity (Wildman–Crippen MR) is 83.8 cm³/mol. The lowest BCUT2D eigenvalue weighted by Crippen LogP contribution is -2.43. The fourth-order valence-corrected chi connectivity index (χ4v) is 3.07. The summed E-state index contributed by atoms with van der Waals surface area (Å²) in [5, 5.41) is 9.25. The van der Waals surface area contributed by atoms with E-state index >= 15 is 0 Å². The molecule has 0 spiro atoms. The van der Waals surface area contributed by atoms with Crippen molar-refractivity contribution in [2.75, 3.05) is 39.3 Å². The monoisotopic (exact) mass is 302 g/mol. The van der Waals surface area contributed by atoms with Gasteiger partial charge in [0.2, 0.25) is 0 Å². The van der Waals surface area contributed by atoms with Crippen LogP contribution in [0.1, 0.15) is 27.2 Å². The SMILES string of the molecule is CC(C)(C)[Si](C)(C)OCCN1CCCN(C(=O)O)CC1. The van der Waals surface area contributed by atoms with Crippen molar-refractivity contribution in [1.82, 2.24) is 9.80 Å². The van der Waals surface area contributed by atoms with Gasteiger partial charge in [0.05, 0.1) is 0 Å². The molecule has 118 valence electrons.